The van der Waals surface area contributed by atoms with Crippen LogP contribution in [0.15, 0.2) is 5.38 Å². The van der Waals surface area contributed by atoms with Gasteiger partial charge in [-0.05, 0) is 26.3 Å². The van der Waals surface area contributed by atoms with Gasteiger partial charge in [0.1, 0.15) is 0 Å². The molecule has 0 saturated heterocycles. The van der Waals surface area contributed by atoms with E-state index in [1.807, 2.05) is 18.4 Å². The fourth-order valence-electron chi connectivity index (χ4n) is 2.04. The zero-order valence-electron chi connectivity index (χ0n) is 9.62. The van der Waals surface area contributed by atoms with Crippen molar-refractivity contribution in [1.82, 2.24) is 10.3 Å². The van der Waals surface area contributed by atoms with Crippen molar-refractivity contribution in [2.24, 2.45) is 0 Å². The van der Waals surface area contributed by atoms with Gasteiger partial charge in [-0.15, -0.1) is 11.3 Å². The summed E-state index contributed by atoms with van der Waals surface area (Å²) in [6, 6.07) is 0. The number of thiazole rings is 1. The minimum absolute atomic E-state index is 0.597. The molecule has 0 spiro atoms. The molecule has 1 saturated carbocycles. The Morgan fingerprint density at radius 3 is 2.93 bits per heavy atom. The molecule has 1 atom stereocenters. The van der Waals surface area contributed by atoms with Crippen LogP contribution in [0.1, 0.15) is 55.1 Å². The van der Waals surface area contributed by atoms with Crippen molar-refractivity contribution in [3.63, 3.8) is 0 Å². The van der Waals surface area contributed by atoms with Gasteiger partial charge in [0.25, 0.3) is 0 Å². The molecule has 0 aromatic carbocycles. The quantitative estimate of drug-likeness (QED) is 0.831. The molecule has 1 aliphatic carbocycles. The Morgan fingerprint density at radius 2 is 2.40 bits per heavy atom. The number of rotatable bonds is 5. The zero-order valence-corrected chi connectivity index (χ0v) is 10.4. The van der Waals surface area contributed by atoms with Crippen LogP contribution in [0.5, 0.6) is 0 Å². The Labute approximate surface area is 96.1 Å². The molecule has 2 rings (SSSR count). The van der Waals surface area contributed by atoms with Crippen LogP contribution in [0.2, 0.25) is 0 Å². The molecule has 0 aliphatic heterocycles. The van der Waals surface area contributed by atoms with E-state index in [1.165, 1.54) is 36.4 Å². The van der Waals surface area contributed by atoms with Crippen molar-refractivity contribution in [1.29, 1.82) is 0 Å². The Bertz CT molecular complexity index is 304. The van der Waals surface area contributed by atoms with E-state index in [2.05, 4.69) is 17.6 Å². The summed E-state index contributed by atoms with van der Waals surface area (Å²) in [5.74, 6) is 1.39. The van der Waals surface area contributed by atoms with Gasteiger partial charge in [0.15, 0.2) is 0 Å². The average Bonchev–Trinajstić information content (AvgIpc) is 2.60. The number of hydrogen-bond donors (Lipinski definition) is 1. The van der Waals surface area contributed by atoms with E-state index >= 15 is 0 Å². The molecule has 15 heavy (non-hydrogen) atoms. The first-order chi connectivity index (χ1) is 7.35. The Morgan fingerprint density at radius 1 is 1.60 bits per heavy atom. The van der Waals surface area contributed by atoms with Crippen LogP contribution in [-0.2, 0) is 0 Å². The van der Waals surface area contributed by atoms with Gasteiger partial charge in [-0.3, -0.25) is 0 Å². The average molecular weight is 224 g/mol. The highest BCUT2D eigenvalue weighted by molar-refractivity contribution is 7.09. The molecule has 0 bridgehead atoms. The van der Waals surface area contributed by atoms with Crippen LogP contribution in [-0.4, -0.2) is 18.6 Å². The molecule has 1 aromatic rings. The van der Waals surface area contributed by atoms with Gasteiger partial charge in [-0.1, -0.05) is 13.3 Å². The standard InChI is InChI=1S/C12H20N2S/c1-3-9(7-13-2)11-8-15-12(14-11)10-5-4-6-10/h8-10,13H,3-7H2,1-2H3. The van der Waals surface area contributed by atoms with Gasteiger partial charge in [0.2, 0.25) is 0 Å². The summed E-state index contributed by atoms with van der Waals surface area (Å²) < 4.78 is 0. The molecule has 0 radical (unpaired) electrons. The van der Waals surface area contributed by atoms with E-state index < -0.39 is 0 Å². The predicted molar refractivity (Wildman–Crippen MR) is 65.7 cm³/mol. The van der Waals surface area contributed by atoms with Gasteiger partial charge in [-0.25, -0.2) is 4.98 Å². The fraction of sp³-hybridized carbons (Fsp3) is 0.750. The third kappa shape index (κ3) is 2.40. The summed E-state index contributed by atoms with van der Waals surface area (Å²) in [6.07, 6.45) is 5.29. The van der Waals surface area contributed by atoms with Crippen molar-refractivity contribution >= 4 is 11.3 Å². The maximum absolute atomic E-state index is 4.80. The number of nitrogens with one attached hydrogen (secondary N) is 1. The SMILES string of the molecule is CCC(CNC)c1csc(C2CCC2)n1. The molecule has 1 aliphatic rings. The van der Waals surface area contributed by atoms with Crippen LogP contribution < -0.4 is 5.32 Å². The lowest BCUT2D eigenvalue weighted by atomic mass is 9.86. The highest BCUT2D eigenvalue weighted by atomic mass is 32.1. The summed E-state index contributed by atoms with van der Waals surface area (Å²) in [5.41, 5.74) is 1.30. The number of likely N-dealkylation sites (N-methyl/N-ethyl adjacent to an activating group) is 1. The molecule has 1 aromatic heterocycles. The molecule has 1 heterocycles. The Kier molecular flexibility index (Phi) is 3.76. The monoisotopic (exact) mass is 224 g/mol. The summed E-state index contributed by atoms with van der Waals surface area (Å²) in [5, 5.41) is 6.89. The zero-order chi connectivity index (χ0) is 10.7. The molecule has 1 N–H and O–H groups in total. The maximum atomic E-state index is 4.80. The van der Waals surface area contributed by atoms with Crippen molar-refractivity contribution in [3.8, 4) is 0 Å². The highest BCUT2D eigenvalue weighted by Crippen LogP contribution is 2.38. The summed E-state index contributed by atoms with van der Waals surface area (Å²) in [4.78, 5) is 4.80. The Balaban J connectivity index is 2.03. The van der Waals surface area contributed by atoms with E-state index in [1.54, 1.807) is 0 Å². The van der Waals surface area contributed by atoms with E-state index in [0.717, 1.165) is 12.5 Å². The second-order valence-corrected chi connectivity index (χ2v) is 5.29. The van der Waals surface area contributed by atoms with E-state index in [-0.39, 0.29) is 0 Å². The van der Waals surface area contributed by atoms with Crippen molar-refractivity contribution in [2.45, 2.75) is 44.4 Å². The van der Waals surface area contributed by atoms with Crippen LogP contribution in [0, 0.1) is 0 Å². The second-order valence-electron chi connectivity index (χ2n) is 4.40. The first kappa shape index (κ1) is 11.1. The molecule has 0 amide bonds. The maximum Gasteiger partial charge on any atom is 0.0959 e. The third-order valence-electron chi connectivity index (χ3n) is 3.36. The first-order valence-corrected chi connectivity index (χ1v) is 6.83. The summed E-state index contributed by atoms with van der Waals surface area (Å²) in [6.45, 7) is 3.29. The number of hydrogen-bond acceptors (Lipinski definition) is 3. The number of aromatic nitrogens is 1. The normalized spacial score (nSPS) is 18.8. The lowest BCUT2D eigenvalue weighted by molar-refractivity contribution is 0.417. The molecule has 1 fully saturated rings. The van der Waals surface area contributed by atoms with E-state index in [4.69, 9.17) is 4.98 Å². The third-order valence-corrected chi connectivity index (χ3v) is 4.38. The fourth-order valence-corrected chi connectivity index (χ4v) is 3.11. The second kappa shape index (κ2) is 5.08. The smallest absolute Gasteiger partial charge is 0.0959 e. The highest BCUT2D eigenvalue weighted by Gasteiger charge is 2.23. The van der Waals surface area contributed by atoms with Crippen molar-refractivity contribution in [2.75, 3.05) is 13.6 Å². The lowest BCUT2D eigenvalue weighted by Crippen LogP contribution is -2.17. The minimum atomic E-state index is 0.597. The number of nitrogens with zero attached hydrogens (tertiary/aromatic N) is 1. The van der Waals surface area contributed by atoms with Gasteiger partial charge >= 0.3 is 0 Å². The molecule has 84 valence electrons. The van der Waals surface area contributed by atoms with Crippen molar-refractivity contribution in [3.05, 3.63) is 16.1 Å². The molecular formula is C12H20N2S. The van der Waals surface area contributed by atoms with Gasteiger partial charge in [0, 0.05) is 23.8 Å². The Hall–Kier alpha value is -0.410. The van der Waals surface area contributed by atoms with Gasteiger partial charge in [0.05, 0.1) is 10.7 Å². The molecule has 1 unspecified atom stereocenters. The molecule has 2 nitrogen and oxygen atoms in total. The van der Waals surface area contributed by atoms with Crippen LogP contribution in [0.3, 0.4) is 0 Å². The minimum Gasteiger partial charge on any atom is -0.319 e. The van der Waals surface area contributed by atoms with E-state index in [9.17, 15) is 0 Å². The first-order valence-electron chi connectivity index (χ1n) is 5.95. The molecule has 3 heteroatoms. The van der Waals surface area contributed by atoms with Crippen LogP contribution >= 0.6 is 11.3 Å². The van der Waals surface area contributed by atoms with Crippen LogP contribution in [0.25, 0.3) is 0 Å². The van der Waals surface area contributed by atoms with Gasteiger partial charge < -0.3 is 5.32 Å². The van der Waals surface area contributed by atoms with E-state index in [0.29, 0.717) is 5.92 Å². The van der Waals surface area contributed by atoms with Crippen LogP contribution in [0.4, 0.5) is 0 Å². The van der Waals surface area contributed by atoms with Crippen molar-refractivity contribution < 1.29 is 0 Å². The molecular weight excluding hydrogens is 204 g/mol. The topological polar surface area (TPSA) is 24.9 Å². The predicted octanol–water partition coefficient (Wildman–Crippen LogP) is 3.12. The van der Waals surface area contributed by atoms with Gasteiger partial charge in [-0.2, -0.15) is 0 Å². The summed E-state index contributed by atoms with van der Waals surface area (Å²) in [7, 11) is 2.02. The largest absolute Gasteiger partial charge is 0.319 e. The lowest BCUT2D eigenvalue weighted by Gasteiger charge is -2.22. The summed E-state index contributed by atoms with van der Waals surface area (Å²) >= 11 is 1.86.